The van der Waals surface area contributed by atoms with Gasteiger partial charge in [0, 0.05) is 12.1 Å². The molecule has 48 heavy (non-hydrogen) atoms. The Morgan fingerprint density at radius 2 is 0.958 bits per heavy atom. The number of hydrogen-bond donors (Lipinski definition) is 0. The quantitative estimate of drug-likeness (QED) is 0.120. The maximum atomic E-state index is 12.5. The summed E-state index contributed by atoms with van der Waals surface area (Å²) >= 11 is 0. The van der Waals surface area contributed by atoms with Crippen LogP contribution in [-0.2, 0) is 13.2 Å². The summed E-state index contributed by atoms with van der Waals surface area (Å²) in [5.74, 6) is -3.78. The van der Waals surface area contributed by atoms with Gasteiger partial charge in [-0.3, -0.25) is 9.59 Å². The minimum atomic E-state index is -1.58. The molecule has 0 radical (unpaired) electrons. The number of carbonyl (C=O) groups excluding carboxylic acids is 2. The zero-order valence-corrected chi connectivity index (χ0v) is 29.6. The van der Waals surface area contributed by atoms with Gasteiger partial charge in [-0.15, -0.1) is 0 Å². The molecule has 6 aromatic rings. The van der Waals surface area contributed by atoms with E-state index >= 15 is 0 Å². The molecule has 0 saturated heterocycles. The summed E-state index contributed by atoms with van der Waals surface area (Å²) in [6.07, 6.45) is 0. The van der Waals surface area contributed by atoms with E-state index in [2.05, 4.69) is 10.2 Å². The van der Waals surface area contributed by atoms with Crippen molar-refractivity contribution in [1.82, 2.24) is 0 Å². The van der Waals surface area contributed by atoms with E-state index in [1.54, 1.807) is 72.8 Å². The number of hydrogen-bond acceptors (Lipinski definition) is 12. The number of rotatable bonds is 10. The summed E-state index contributed by atoms with van der Waals surface area (Å²) in [6, 6.07) is 25.2. The SMILES string of the molecule is O=C([O-])c1cc(=O)c2c(OCc3ccc(N=Nc4ccc(COc5cccc6oc(C(=O)[O-])cc(=O)c56)cc4)cc3)cccc2o1.[Na+].[Na+]. The number of carboxylic acids is 2. The third-order valence-corrected chi connectivity index (χ3v) is 6.78. The van der Waals surface area contributed by atoms with Crippen LogP contribution in [0.2, 0.25) is 0 Å². The van der Waals surface area contributed by atoms with Gasteiger partial charge >= 0.3 is 59.1 Å². The van der Waals surface area contributed by atoms with E-state index in [0.29, 0.717) is 11.4 Å². The molecule has 6 rings (SSSR count). The molecule has 0 N–H and O–H groups in total. The molecule has 12 nitrogen and oxygen atoms in total. The summed E-state index contributed by atoms with van der Waals surface area (Å²) in [6.45, 7) is 0.262. The van der Waals surface area contributed by atoms with Gasteiger partial charge in [0.2, 0.25) is 0 Å². The average molecular weight is 663 g/mol. The van der Waals surface area contributed by atoms with Gasteiger partial charge < -0.3 is 38.1 Å². The van der Waals surface area contributed by atoms with Crippen LogP contribution in [0.3, 0.4) is 0 Å². The number of ether oxygens (including phenoxy) is 2. The van der Waals surface area contributed by atoms with Crippen LogP contribution in [0, 0.1) is 0 Å². The van der Waals surface area contributed by atoms with Crippen molar-refractivity contribution in [3.63, 3.8) is 0 Å². The van der Waals surface area contributed by atoms with E-state index in [4.69, 9.17) is 18.3 Å². The van der Waals surface area contributed by atoms with Gasteiger partial charge in [0.1, 0.15) is 58.6 Å². The van der Waals surface area contributed by atoms with Crippen molar-refractivity contribution in [2.24, 2.45) is 10.2 Å². The Morgan fingerprint density at radius 3 is 1.31 bits per heavy atom. The number of carbonyl (C=O) groups is 2. The largest absolute Gasteiger partial charge is 1.00 e. The number of aromatic carboxylic acids is 2. The first-order valence-electron chi connectivity index (χ1n) is 13.7. The summed E-state index contributed by atoms with van der Waals surface area (Å²) in [4.78, 5) is 47.1. The molecule has 0 aliphatic heterocycles. The summed E-state index contributed by atoms with van der Waals surface area (Å²) < 4.78 is 22.1. The molecule has 14 heteroatoms. The molecule has 0 aliphatic carbocycles. The van der Waals surface area contributed by atoms with Crippen molar-refractivity contribution >= 4 is 45.3 Å². The molecule has 0 atom stereocenters. The maximum absolute atomic E-state index is 12.5. The van der Waals surface area contributed by atoms with Gasteiger partial charge in [-0.05, 0) is 59.7 Å². The predicted molar refractivity (Wildman–Crippen MR) is 159 cm³/mol. The monoisotopic (exact) mass is 662 g/mol. The average Bonchev–Trinajstić information content (AvgIpc) is 3.06. The molecule has 0 fully saturated rings. The Morgan fingerprint density at radius 1 is 0.583 bits per heavy atom. The van der Waals surface area contributed by atoms with Crippen molar-refractivity contribution < 1.29 is 97.2 Å². The van der Waals surface area contributed by atoms with E-state index in [1.807, 2.05) is 0 Å². The normalized spacial score (nSPS) is 10.8. The second-order valence-corrected chi connectivity index (χ2v) is 9.89. The predicted octanol–water partition coefficient (Wildman–Crippen LogP) is -1.79. The third-order valence-electron chi connectivity index (χ3n) is 6.78. The second-order valence-electron chi connectivity index (χ2n) is 9.89. The standard InChI is InChI=1S/C34H22N2O10.2Na/c37-23-15-29(33(39)40)45-27-5-1-3-25(31(23)27)43-17-19-7-11-21(12-8-19)35-36-22-13-9-20(10-14-22)18-44-26-4-2-6-28-32(26)24(38)16-30(46-28)34(41)42;;/h1-16H,17-18H2,(H,39,40)(H,41,42);;/q;2*+1/p-2. The van der Waals surface area contributed by atoms with Crippen molar-refractivity contribution in [1.29, 1.82) is 0 Å². The molecule has 228 valence electrons. The third kappa shape index (κ3) is 8.29. The maximum Gasteiger partial charge on any atom is 1.00 e. The van der Waals surface area contributed by atoms with Crippen molar-refractivity contribution in [2.75, 3.05) is 0 Å². The van der Waals surface area contributed by atoms with Crippen molar-refractivity contribution in [3.8, 4) is 11.5 Å². The smallest absolute Gasteiger partial charge is 0.542 e. The van der Waals surface area contributed by atoms with Gasteiger partial charge in [0.05, 0.1) is 11.4 Å². The molecule has 0 aliphatic rings. The van der Waals surface area contributed by atoms with Crippen LogP contribution >= 0.6 is 0 Å². The van der Waals surface area contributed by atoms with Crippen LogP contribution in [0.15, 0.2) is 126 Å². The Hall–Kier alpha value is -4.56. The van der Waals surface area contributed by atoms with E-state index in [0.717, 1.165) is 23.3 Å². The molecule has 0 amide bonds. The summed E-state index contributed by atoms with van der Waals surface area (Å²) in [5.41, 5.74) is 1.81. The summed E-state index contributed by atoms with van der Waals surface area (Å²) in [7, 11) is 0. The van der Waals surface area contributed by atoms with Crippen molar-refractivity contribution in [3.05, 3.63) is 140 Å². The molecule has 0 saturated carbocycles. The Labute approximate surface area is 315 Å². The number of fused-ring (bicyclic) bond motifs is 2. The number of azo groups is 1. The van der Waals surface area contributed by atoms with Crippen LogP contribution in [0.4, 0.5) is 11.4 Å². The Bertz CT molecular complexity index is 2100. The van der Waals surface area contributed by atoms with E-state index in [-0.39, 0.29) is 106 Å². The summed E-state index contributed by atoms with van der Waals surface area (Å²) in [5, 5.41) is 30.9. The van der Waals surface area contributed by atoms with E-state index < -0.39 is 34.3 Å². The number of benzene rings is 4. The first-order chi connectivity index (χ1) is 22.2. The number of nitrogens with zero attached hydrogens (tertiary/aromatic N) is 2. The topological polar surface area (TPSA) is 184 Å². The minimum absolute atomic E-state index is 0. The van der Waals surface area contributed by atoms with Crippen LogP contribution < -0.4 is 89.7 Å². The Kier molecular flexibility index (Phi) is 12.1. The zero-order valence-electron chi connectivity index (χ0n) is 25.6. The Balaban J connectivity index is 0.00000260. The van der Waals surface area contributed by atoms with Gasteiger partial charge in [-0.25, -0.2) is 0 Å². The van der Waals surface area contributed by atoms with Crippen molar-refractivity contribution in [2.45, 2.75) is 13.2 Å². The zero-order chi connectivity index (χ0) is 32.2. The molecular formula is C34H20N2Na2O10. The first-order valence-corrected chi connectivity index (χ1v) is 13.7. The van der Waals surface area contributed by atoms with Crippen LogP contribution in [0.25, 0.3) is 21.9 Å². The van der Waals surface area contributed by atoms with Crippen LogP contribution in [0.1, 0.15) is 32.2 Å². The second kappa shape index (κ2) is 16.0. The van der Waals surface area contributed by atoms with E-state index in [1.165, 1.54) is 12.1 Å². The fourth-order valence-corrected chi connectivity index (χ4v) is 4.55. The van der Waals surface area contributed by atoms with Gasteiger partial charge in [0.15, 0.2) is 22.4 Å². The molecule has 2 aromatic heterocycles. The fourth-order valence-electron chi connectivity index (χ4n) is 4.55. The molecule has 4 aromatic carbocycles. The van der Waals surface area contributed by atoms with Gasteiger partial charge in [-0.1, -0.05) is 36.4 Å². The molecule has 0 spiro atoms. The molecule has 0 bridgehead atoms. The van der Waals surface area contributed by atoms with E-state index in [9.17, 15) is 29.4 Å². The number of carboxylic acid groups (broad SMARTS) is 2. The molecule has 0 unspecified atom stereocenters. The minimum Gasteiger partial charge on any atom is -0.542 e. The van der Waals surface area contributed by atoms with Gasteiger partial charge in [-0.2, -0.15) is 10.2 Å². The fraction of sp³-hybridized carbons (Fsp3) is 0.0588. The van der Waals surface area contributed by atoms with Crippen LogP contribution in [0.5, 0.6) is 11.5 Å². The van der Waals surface area contributed by atoms with Crippen LogP contribution in [-0.4, -0.2) is 11.9 Å². The molecular weight excluding hydrogens is 642 g/mol. The molecule has 2 heterocycles. The first kappa shape index (κ1) is 36.3. The van der Waals surface area contributed by atoms with Gasteiger partial charge in [0.25, 0.3) is 0 Å².